The molecule has 2 rings (SSSR count). The van der Waals surface area contributed by atoms with Gasteiger partial charge in [0.25, 0.3) is 5.56 Å². The molecule has 1 aromatic heterocycles. The predicted molar refractivity (Wildman–Crippen MR) is 52.6 cm³/mol. The van der Waals surface area contributed by atoms with Crippen molar-refractivity contribution in [1.82, 2.24) is 9.97 Å². The van der Waals surface area contributed by atoms with Crippen molar-refractivity contribution in [2.45, 2.75) is 32.0 Å². The van der Waals surface area contributed by atoms with Gasteiger partial charge < -0.3 is 9.72 Å². The summed E-state index contributed by atoms with van der Waals surface area (Å²) in [6.45, 7) is -1.67. The molecule has 0 saturated heterocycles. The van der Waals surface area contributed by atoms with Crippen molar-refractivity contribution in [3.05, 3.63) is 27.4 Å². The lowest BCUT2D eigenvalue weighted by Crippen LogP contribution is -2.20. The van der Waals surface area contributed by atoms with Crippen molar-refractivity contribution in [1.29, 1.82) is 0 Å². The van der Waals surface area contributed by atoms with Gasteiger partial charge in [0, 0.05) is 5.56 Å². The Balaban J connectivity index is 2.03. The van der Waals surface area contributed by atoms with Gasteiger partial charge in [-0.05, 0) is 19.3 Å². The number of aryl methyl sites for hydroxylation is 1. The first-order valence-electron chi connectivity index (χ1n) is 5.21. The maximum atomic E-state index is 11.8. The summed E-state index contributed by atoms with van der Waals surface area (Å²) in [5.74, 6) is 0.153. The SMILES string of the molecule is O=c1[nH]c(COCC(F)(F)F)nc2c1CCC2. The van der Waals surface area contributed by atoms with E-state index in [1.54, 1.807) is 0 Å². The third kappa shape index (κ3) is 3.06. The van der Waals surface area contributed by atoms with Crippen LogP contribution in [-0.2, 0) is 24.2 Å². The third-order valence-corrected chi connectivity index (χ3v) is 2.50. The van der Waals surface area contributed by atoms with E-state index in [9.17, 15) is 18.0 Å². The summed E-state index contributed by atoms with van der Waals surface area (Å²) in [4.78, 5) is 18.0. The molecule has 4 nitrogen and oxygen atoms in total. The molecule has 1 aromatic rings. The fourth-order valence-corrected chi connectivity index (χ4v) is 1.82. The molecule has 7 heteroatoms. The molecule has 1 N–H and O–H groups in total. The summed E-state index contributed by atoms with van der Waals surface area (Å²) in [5, 5.41) is 0. The molecule has 0 spiro atoms. The Kier molecular flexibility index (Phi) is 3.19. The molecule has 1 aliphatic rings. The molecule has 0 aliphatic heterocycles. The van der Waals surface area contributed by atoms with Gasteiger partial charge in [0.15, 0.2) is 0 Å². The minimum Gasteiger partial charge on any atom is -0.364 e. The predicted octanol–water partition coefficient (Wildman–Crippen LogP) is 1.34. The Morgan fingerprint density at radius 3 is 2.82 bits per heavy atom. The van der Waals surface area contributed by atoms with E-state index >= 15 is 0 Å². The summed E-state index contributed by atoms with van der Waals surface area (Å²) < 4.78 is 40.0. The highest BCUT2D eigenvalue weighted by atomic mass is 19.4. The molecule has 17 heavy (non-hydrogen) atoms. The van der Waals surface area contributed by atoms with Gasteiger partial charge in [-0.2, -0.15) is 13.2 Å². The number of hydrogen-bond acceptors (Lipinski definition) is 3. The fraction of sp³-hybridized carbons (Fsp3) is 0.600. The number of ether oxygens (including phenoxy) is 1. The van der Waals surface area contributed by atoms with Gasteiger partial charge >= 0.3 is 6.18 Å². The second kappa shape index (κ2) is 4.48. The summed E-state index contributed by atoms with van der Waals surface area (Å²) >= 11 is 0. The Labute approximate surface area is 94.8 Å². The number of nitrogens with zero attached hydrogens (tertiary/aromatic N) is 1. The fourth-order valence-electron chi connectivity index (χ4n) is 1.82. The van der Waals surface area contributed by atoms with Crippen LogP contribution in [0.5, 0.6) is 0 Å². The molecule has 0 saturated carbocycles. The van der Waals surface area contributed by atoms with Gasteiger partial charge in [-0.25, -0.2) is 4.98 Å². The second-order valence-corrected chi connectivity index (χ2v) is 3.90. The Morgan fingerprint density at radius 1 is 1.35 bits per heavy atom. The monoisotopic (exact) mass is 248 g/mol. The van der Waals surface area contributed by atoms with Gasteiger partial charge in [-0.15, -0.1) is 0 Å². The van der Waals surface area contributed by atoms with Gasteiger partial charge in [0.1, 0.15) is 19.0 Å². The third-order valence-electron chi connectivity index (χ3n) is 2.50. The maximum absolute atomic E-state index is 11.8. The molecule has 0 radical (unpaired) electrons. The summed E-state index contributed by atoms with van der Waals surface area (Å²) in [5.41, 5.74) is 1.06. The zero-order valence-electron chi connectivity index (χ0n) is 8.93. The van der Waals surface area contributed by atoms with Crippen LogP contribution >= 0.6 is 0 Å². The van der Waals surface area contributed by atoms with E-state index in [-0.39, 0.29) is 18.0 Å². The first-order valence-corrected chi connectivity index (χ1v) is 5.21. The number of H-pyrrole nitrogens is 1. The van der Waals surface area contributed by atoms with E-state index in [1.807, 2.05) is 0 Å². The van der Waals surface area contributed by atoms with E-state index < -0.39 is 12.8 Å². The normalized spacial score (nSPS) is 15.0. The summed E-state index contributed by atoms with van der Waals surface area (Å²) in [6.07, 6.45) is -2.12. The number of hydrogen-bond donors (Lipinski definition) is 1. The number of aromatic nitrogens is 2. The second-order valence-electron chi connectivity index (χ2n) is 3.90. The van der Waals surface area contributed by atoms with E-state index in [2.05, 4.69) is 14.7 Å². The van der Waals surface area contributed by atoms with Gasteiger partial charge in [0.05, 0.1) is 5.69 Å². The van der Waals surface area contributed by atoms with Gasteiger partial charge in [-0.3, -0.25) is 4.79 Å². The molecule has 1 heterocycles. The van der Waals surface area contributed by atoms with Crippen molar-refractivity contribution < 1.29 is 17.9 Å². The number of nitrogens with one attached hydrogen (secondary N) is 1. The van der Waals surface area contributed by atoms with Crippen LogP contribution < -0.4 is 5.56 Å². The molecular weight excluding hydrogens is 237 g/mol. The Hall–Kier alpha value is -1.37. The molecule has 0 aromatic carbocycles. The van der Waals surface area contributed by atoms with Crippen molar-refractivity contribution in [3.63, 3.8) is 0 Å². The number of halogens is 3. The lowest BCUT2D eigenvalue weighted by Gasteiger charge is -2.07. The highest BCUT2D eigenvalue weighted by molar-refractivity contribution is 5.22. The quantitative estimate of drug-likeness (QED) is 0.878. The number of aromatic amines is 1. The van der Waals surface area contributed by atoms with Crippen molar-refractivity contribution in [2.24, 2.45) is 0 Å². The topological polar surface area (TPSA) is 55.0 Å². The van der Waals surface area contributed by atoms with E-state index in [0.29, 0.717) is 24.1 Å². The van der Waals surface area contributed by atoms with Crippen LogP contribution in [0.15, 0.2) is 4.79 Å². The van der Waals surface area contributed by atoms with Gasteiger partial charge in [-0.1, -0.05) is 0 Å². The average Bonchev–Trinajstić information content (AvgIpc) is 2.64. The largest absolute Gasteiger partial charge is 0.411 e. The smallest absolute Gasteiger partial charge is 0.364 e. The van der Waals surface area contributed by atoms with Crippen LogP contribution in [0.2, 0.25) is 0 Å². The van der Waals surface area contributed by atoms with Crippen molar-refractivity contribution in [2.75, 3.05) is 6.61 Å². The summed E-state index contributed by atoms with van der Waals surface area (Å²) in [6, 6.07) is 0. The van der Waals surface area contributed by atoms with E-state index in [4.69, 9.17) is 0 Å². The lowest BCUT2D eigenvalue weighted by molar-refractivity contribution is -0.177. The number of fused-ring (bicyclic) bond motifs is 1. The first kappa shape index (κ1) is 12.1. The highest BCUT2D eigenvalue weighted by Gasteiger charge is 2.27. The minimum atomic E-state index is -4.36. The number of rotatable bonds is 3. The van der Waals surface area contributed by atoms with Crippen molar-refractivity contribution >= 4 is 0 Å². The molecular formula is C10H11F3N2O2. The summed E-state index contributed by atoms with van der Waals surface area (Å²) in [7, 11) is 0. The molecule has 0 amide bonds. The van der Waals surface area contributed by atoms with E-state index in [1.165, 1.54) is 0 Å². The molecule has 1 aliphatic carbocycles. The lowest BCUT2D eigenvalue weighted by atomic mass is 10.2. The molecule has 94 valence electrons. The van der Waals surface area contributed by atoms with Crippen LogP contribution in [0.25, 0.3) is 0 Å². The van der Waals surface area contributed by atoms with Crippen LogP contribution in [0.3, 0.4) is 0 Å². The van der Waals surface area contributed by atoms with Crippen LogP contribution in [0.4, 0.5) is 13.2 Å². The zero-order chi connectivity index (χ0) is 12.5. The number of alkyl halides is 3. The highest BCUT2D eigenvalue weighted by Crippen LogP contribution is 2.17. The van der Waals surface area contributed by atoms with E-state index in [0.717, 1.165) is 6.42 Å². The molecule has 0 unspecified atom stereocenters. The van der Waals surface area contributed by atoms with Gasteiger partial charge in [0.2, 0.25) is 0 Å². The van der Waals surface area contributed by atoms with Crippen LogP contribution in [0, 0.1) is 0 Å². The maximum Gasteiger partial charge on any atom is 0.411 e. The van der Waals surface area contributed by atoms with Crippen molar-refractivity contribution in [3.8, 4) is 0 Å². The van der Waals surface area contributed by atoms with Crippen LogP contribution in [0.1, 0.15) is 23.5 Å². The molecule has 0 bridgehead atoms. The molecule has 0 atom stereocenters. The molecule has 0 fully saturated rings. The Bertz CT molecular complexity index is 468. The minimum absolute atomic E-state index is 0.153. The zero-order valence-corrected chi connectivity index (χ0v) is 8.93. The van der Waals surface area contributed by atoms with Crippen LogP contribution in [-0.4, -0.2) is 22.8 Å². The standard InChI is InChI=1S/C10H11F3N2O2/c11-10(12,13)5-17-4-8-14-7-3-1-2-6(7)9(16)15-8/h1-5H2,(H,14,15,16). The Morgan fingerprint density at radius 2 is 2.12 bits per heavy atom. The average molecular weight is 248 g/mol. The first-order chi connectivity index (χ1) is 7.96.